The number of amides is 3. The number of carboxylic acid groups (broad SMARTS) is 1. The van der Waals surface area contributed by atoms with Gasteiger partial charge in [0.25, 0.3) is 0 Å². The highest BCUT2D eigenvalue weighted by molar-refractivity contribution is 5.96. The molecule has 5 rings (SSSR count). The fourth-order valence-corrected chi connectivity index (χ4v) is 6.48. The quantitative estimate of drug-likeness (QED) is 0.350. The monoisotopic (exact) mass is 593 g/mol. The number of aliphatic carboxylic acids is 1. The van der Waals surface area contributed by atoms with Crippen molar-refractivity contribution in [2.45, 2.75) is 64.0 Å². The van der Waals surface area contributed by atoms with E-state index in [1.165, 1.54) is 29.1 Å². The number of imide groups is 1. The Kier molecular flexibility index (Phi) is 10.1. The van der Waals surface area contributed by atoms with Gasteiger partial charge in [-0.1, -0.05) is 37.5 Å². The average Bonchev–Trinajstić information content (AvgIpc) is 3.48. The molecule has 2 aliphatic heterocycles. The number of urea groups is 1. The van der Waals surface area contributed by atoms with E-state index in [1.54, 1.807) is 14.2 Å². The molecule has 1 atom stereocenters. The molecular weight excluding hydrogens is 550 g/mol. The predicted octanol–water partition coefficient (Wildman–Crippen LogP) is 4.89. The van der Waals surface area contributed by atoms with E-state index < -0.39 is 5.97 Å². The molecule has 2 fully saturated rings. The molecule has 1 aliphatic carbocycles. The Morgan fingerprint density at radius 3 is 2.67 bits per heavy atom. The number of carbonyl (C=O) groups is 3. The van der Waals surface area contributed by atoms with Gasteiger partial charge >= 0.3 is 12.0 Å². The van der Waals surface area contributed by atoms with E-state index in [2.05, 4.69) is 11.0 Å². The molecule has 3 aliphatic rings. The van der Waals surface area contributed by atoms with Crippen molar-refractivity contribution in [2.24, 2.45) is 5.92 Å². The number of hydrogen-bond acceptors (Lipinski definition) is 7. The zero-order valence-electron chi connectivity index (χ0n) is 25.3. The van der Waals surface area contributed by atoms with Crippen LogP contribution in [0.3, 0.4) is 0 Å². The number of methoxy groups -OCH3 is 1. The zero-order chi connectivity index (χ0) is 30.3. The lowest BCUT2D eigenvalue weighted by Gasteiger charge is -2.36. The summed E-state index contributed by atoms with van der Waals surface area (Å²) in [5, 5.41) is 9.97. The second-order valence-corrected chi connectivity index (χ2v) is 11.8. The van der Waals surface area contributed by atoms with E-state index >= 15 is 0 Å². The molecule has 2 aromatic rings. The third-order valence-corrected chi connectivity index (χ3v) is 8.83. The summed E-state index contributed by atoms with van der Waals surface area (Å²) in [5.74, 6) is 1.46. The first-order valence-corrected chi connectivity index (χ1v) is 15.4. The summed E-state index contributed by atoms with van der Waals surface area (Å²) in [6.07, 6.45) is 7.14. The summed E-state index contributed by atoms with van der Waals surface area (Å²) in [7, 11) is 3.26. The fraction of sp³-hybridized carbons (Fsp3) is 0.545. The number of carbonyl (C=O) groups excluding carboxylic acids is 2. The molecule has 10 heteroatoms. The van der Waals surface area contributed by atoms with Gasteiger partial charge in [-0.05, 0) is 53.6 Å². The number of ether oxygens (including phenoxy) is 3. The lowest BCUT2D eigenvalue weighted by molar-refractivity contribution is -0.138. The van der Waals surface area contributed by atoms with Crippen molar-refractivity contribution in [1.29, 1.82) is 0 Å². The van der Waals surface area contributed by atoms with Crippen molar-refractivity contribution in [3.63, 3.8) is 0 Å². The van der Waals surface area contributed by atoms with Gasteiger partial charge in [-0.25, -0.2) is 4.79 Å². The minimum Gasteiger partial charge on any atom is -0.493 e. The Morgan fingerprint density at radius 1 is 1.09 bits per heavy atom. The minimum absolute atomic E-state index is 0.00776. The van der Waals surface area contributed by atoms with Crippen LogP contribution in [0.25, 0.3) is 0 Å². The van der Waals surface area contributed by atoms with Gasteiger partial charge in [-0.2, -0.15) is 0 Å². The fourth-order valence-electron chi connectivity index (χ4n) is 6.48. The van der Waals surface area contributed by atoms with E-state index in [4.69, 9.17) is 14.2 Å². The highest BCUT2D eigenvalue weighted by Crippen LogP contribution is 2.36. The topological polar surface area (TPSA) is 109 Å². The molecular formula is C33H43N3O7. The van der Waals surface area contributed by atoms with Crippen molar-refractivity contribution in [1.82, 2.24) is 14.7 Å². The lowest BCUT2D eigenvalue weighted by Crippen LogP contribution is -2.51. The second-order valence-electron chi connectivity index (χ2n) is 11.8. The molecule has 1 saturated heterocycles. The van der Waals surface area contributed by atoms with Crippen molar-refractivity contribution >= 4 is 17.9 Å². The summed E-state index contributed by atoms with van der Waals surface area (Å²) in [4.78, 5) is 41.8. The van der Waals surface area contributed by atoms with Gasteiger partial charge in [0.15, 0.2) is 11.5 Å². The Hall–Kier alpha value is -3.79. The number of carboxylic acids is 1. The molecule has 10 nitrogen and oxygen atoms in total. The third-order valence-electron chi connectivity index (χ3n) is 8.83. The van der Waals surface area contributed by atoms with Crippen molar-refractivity contribution in [3.05, 3.63) is 53.1 Å². The van der Waals surface area contributed by atoms with Crippen molar-refractivity contribution in [2.75, 3.05) is 47.0 Å². The predicted molar refractivity (Wildman–Crippen MR) is 160 cm³/mol. The van der Waals surface area contributed by atoms with Gasteiger partial charge in [-0.3, -0.25) is 19.4 Å². The third kappa shape index (κ3) is 7.60. The maximum Gasteiger partial charge on any atom is 0.326 e. The van der Waals surface area contributed by atoms with Crippen molar-refractivity contribution in [3.8, 4) is 17.2 Å². The second kappa shape index (κ2) is 14.1. The molecule has 232 valence electrons. The first-order chi connectivity index (χ1) is 20.8. The Bertz CT molecular complexity index is 1310. The Balaban J connectivity index is 1.34. The number of benzene rings is 2. The van der Waals surface area contributed by atoms with Crippen LogP contribution in [0.5, 0.6) is 17.2 Å². The lowest BCUT2D eigenvalue weighted by atomic mass is 9.87. The van der Waals surface area contributed by atoms with Crippen LogP contribution in [0.4, 0.5) is 4.79 Å². The molecule has 2 aromatic carbocycles. The summed E-state index contributed by atoms with van der Waals surface area (Å²) >= 11 is 0. The highest BCUT2D eigenvalue weighted by Gasteiger charge is 2.30. The van der Waals surface area contributed by atoms with E-state index in [0.717, 1.165) is 48.2 Å². The standard InChI is InChI=1S/C33H43N3O7/c1-34-14-12-31(37)36(33(34)40)15-17-43-29-10-8-24(18-30(29)41-2)22-35(21-23-6-4-3-5-7-23)27(20-32(38)39)25-9-11-28-26(19-25)13-16-42-28/h8-11,18-19,23,27H,3-7,12-17,20-22H2,1-2H3,(H,38,39). The highest BCUT2D eigenvalue weighted by atomic mass is 16.5. The van der Waals surface area contributed by atoms with Crippen LogP contribution in [-0.4, -0.2) is 84.7 Å². The van der Waals surface area contributed by atoms with Crippen LogP contribution in [-0.2, 0) is 22.6 Å². The molecule has 0 aromatic heterocycles. The van der Waals surface area contributed by atoms with Crippen LogP contribution in [0, 0.1) is 5.92 Å². The zero-order valence-corrected chi connectivity index (χ0v) is 25.3. The van der Waals surface area contributed by atoms with Gasteiger partial charge in [0.05, 0.1) is 26.7 Å². The van der Waals surface area contributed by atoms with Crippen molar-refractivity contribution < 1.29 is 33.7 Å². The number of fused-ring (bicyclic) bond motifs is 1. The van der Waals surface area contributed by atoms with Crippen LogP contribution in [0.1, 0.15) is 67.7 Å². The first kappa shape index (κ1) is 30.7. The van der Waals surface area contributed by atoms with Gasteiger partial charge in [0.1, 0.15) is 12.4 Å². The molecule has 0 spiro atoms. The Labute approximate surface area is 253 Å². The van der Waals surface area contributed by atoms with Gasteiger partial charge in [-0.15, -0.1) is 0 Å². The van der Waals surface area contributed by atoms with E-state index in [1.807, 2.05) is 30.3 Å². The first-order valence-electron chi connectivity index (χ1n) is 15.4. The number of rotatable bonds is 13. The number of nitrogens with zero attached hydrogens (tertiary/aromatic N) is 3. The van der Waals surface area contributed by atoms with Gasteiger partial charge in [0, 0.05) is 45.6 Å². The summed E-state index contributed by atoms with van der Waals surface area (Å²) < 4.78 is 17.3. The molecule has 43 heavy (non-hydrogen) atoms. The van der Waals surface area contributed by atoms with E-state index in [0.29, 0.717) is 43.5 Å². The normalized spacial score (nSPS) is 18.0. The van der Waals surface area contributed by atoms with Crippen LogP contribution in [0.2, 0.25) is 0 Å². The van der Waals surface area contributed by atoms with Crippen LogP contribution in [0.15, 0.2) is 36.4 Å². The maximum atomic E-state index is 12.4. The molecule has 0 bridgehead atoms. The Morgan fingerprint density at radius 2 is 1.91 bits per heavy atom. The molecule has 1 saturated carbocycles. The molecule has 3 amide bonds. The maximum absolute atomic E-state index is 12.4. The van der Waals surface area contributed by atoms with Gasteiger partial charge < -0.3 is 24.2 Å². The molecule has 2 heterocycles. The molecule has 1 unspecified atom stereocenters. The van der Waals surface area contributed by atoms with Crippen LogP contribution < -0.4 is 14.2 Å². The van der Waals surface area contributed by atoms with Crippen LogP contribution >= 0.6 is 0 Å². The average molecular weight is 594 g/mol. The van der Waals surface area contributed by atoms with E-state index in [-0.39, 0.29) is 37.6 Å². The summed E-state index contributed by atoms with van der Waals surface area (Å²) in [6.45, 7) is 2.77. The molecule has 0 radical (unpaired) electrons. The summed E-state index contributed by atoms with van der Waals surface area (Å²) in [6, 6.07) is 11.3. The number of hydrogen-bond donors (Lipinski definition) is 1. The van der Waals surface area contributed by atoms with Gasteiger partial charge in [0.2, 0.25) is 5.91 Å². The summed E-state index contributed by atoms with van der Waals surface area (Å²) in [5.41, 5.74) is 3.12. The largest absolute Gasteiger partial charge is 0.493 e. The smallest absolute Gasteiger partial charge is 0.326 e. The van der Waals surface area contributed by atoms with E-state index in [9.17, 15) is 19.5 Å². The molecule has 1 N–H and O–H groups in total. The minimum atomic E-state index is -0.825. The SMILES string of the molecule is COc1cc(CN(CC2CCCCC2)C(CC(=O)O)c2ccc3c(c2)CCO3)ccc1OCCN1C(=O)CCN(C)C1=O.